The molecule has 0 atom stereocenters. The SMILES string of the molecule is CC(C)N(C(=O)CCc1ccc(S(=O)(=O)N2CCCCCC2)cc1)C1CCCC1. The van der Waals surface area contributed by atoms with Gasteiger partial charge in [-0.15, -0.1) is 0 Å². The number of carbonyl (C=O) groups excluding carboxylic acids is 1. The number of nitrogens with zero attached hydrogens (tertiary/aromatic N) is 2. The molecule has 1 aliphatic carbocycles. The Bertz CT molecular complexity index is 760. The summed E-state index contributed by atoms with van der Waals surface area (Å²) in [4.78, 5) is 15.3. The van der Waals surface area contributed by atoms with E-state index < -0.39 is 10.0 Å². The highest BCUT2D eigenvalue weighted by Gasteiger charge is 2.28. The molecule has 0 radical (unpaired) electrons. The summed E-state index contributed by atoms with van der Waals surface area (Å²) >= 11 is 0. The number of hydrogen-bond acceptors (Lipinski definition) is 3. The Morgan fingerprint density at radius 3 is 2.14 bits per heavy atom. The molecule has 3 rings (SSSR count). The quantitative estimate of drug-likeness (QED) is 0.658. The van der Waals surface area contributed by atoms with Crippen LogP contribution in [0.2, 0.25) is 0 Å². The third-order valence-electron chi connectivity index (χ3n) is 6.32. The molecule has 5 nitrogen and oxygen atoms in total. The second-order valence-corrected chi connectivity index (χ2v) is 10.7. The molecule has 1 saturated heterocycles. The first-order valence-corrected chi connectivity index (χ1v) is 12.7. The van der Waals surface area contributed by atoms with E-state index in [1.165, 1.54) is 12.8 Å². The number of amides is 1. The fourth-order valence-corrected chi connectivity index (χ4v) is 6.25. The van der Waals surface area contributed by atoms with Crippen LogP contribution in [0.1, 0.15) is 77.2 Å². The molecule has 1 heterocycles. The number of carbonyl (C=O) groups is 1. The zero-order valence-corrected chi connectivity index (χ0v) is 18.8. The van der Waals surface area contributed by atoms with E-state index >= 15 is 0 Å². The van der Waals surface area contributed by atoms with Crippen LogP contribution in [0, 0.1) is 0 Å². The molecule has 29 heavy (non-hydrogen) atoms. The minimum Gasteiger partial charge on any atom is -0.337 e. The van der Waals surface area contributed by atoms with Crippen LogP contribution in [0.3, 0.4) is 0 Å². The van der Waals surface area contributed by atoms with E-state index in [1.807, 2.05) is 12.1 Å². The van der Waals surface area contributed by atoms with Crippen molar-refractivity contribution in [1.82, 2.24) is 9.21 Å². The van der Waals surface area contributed by atoms with Gasteiger partial charge in [0.05, 0.1) is 4.90 Å². The van der Waals surface area contributed by atoms with Crippen molar-refractivity contribution in [1.29, 1.82) is 0 Å². The van der Waals surface area contributed by atoms with Gasteiger partial charge in [0, 0.05) is 31.6 Å². The summed E-state index contributed by atoms with van der Waals surface area (Å²) in [6.07, 6.45) is 9.88. The van der Waals surface area contributed by atoms with Crippen LogP contribution in [0.4, 0.5) is 0 Å². The van der Waals surface area contributed by atoms with E-state index in [0.29, 0.717) is 36.9 Å². The molecule has 2 fully saturated rings. The zero-order chi connectivity index (χ0) is 20.9. The minimum atomic E-state index is -3.41. The van der Waals surface area contributed by atoms with Crippen molar-refractivity contribution in [3.63, 3.8) is 0 Å². The third-order valence-corrected chi connectivity index (χ3v) is 8.23. The van der Waals surface area contributed by atoms with Crippen molar-refractivity contribution in [3.8, 4) is 0 Å². The molecule has 0 bridgehead atoms. The van der Waals surface area contributed by atoms with Crippen molar-refractivity contribution < 1.29 is 13.2 Å². The van der Waals surface area contributed by atoms with E-state index in [4.69, 9.17) is 0 Å². The fourth-order valence-electron chi connectivity index (χ4n) is 4.74. The fraction of sp³-hybridized carbons (Fsp3) is 0.696. The van der Waals surface area contributed by atoms with Gasteiger partial charge in [-0.25, -0.2) is 8.42 Å². The van der Waals surface area contributed by atoms with Gasteiger partial charge in [0.15, 0.2) is 0 Å². The molecule has 1 aromatic carbocycles. The van der Waals surface area contributed by atoms with Crippen LogP contribution in [-0.2, 0) is 21.2 Å². The second kappa shape index (κ2) is 10.1. The van der Waals surface area contributed by atoms with Crippen molar-refractivity contribution >= 4 is 15.9 Å². The molecule has 162 valence electrons. The summed E-state index contributed by atoms with van der Waals surface area (Å²) in [5, 5.41) is 0. The van der Waals surface area contributed by atoms with Crippen molar-refractivity contribution in [2.75, 3.05) is 13.1 Å². The monoisotopic (exact) mass is 420 g/mol. The van der Waals surface area contributed by atoms with Crippen LogP contribution in [-0.4, -0.2) is 48.7 Å². The van der Waals surface area contributed by atoms with Crippen LogP contribution in [0.5, 0.6) is 0 Å². The van der Waals surface area contributed by atoms with Crippen molar-refractivity contribution in [2.45, 2.75) is 95.0 Å². The lowest BCUT2D eigenvalue weighted by molar-refractivity contribution is -0.135. The first-order chi connectivity index (χ1) is 13.9. The number of benzene rings is 1. The van der Waals surface area contributed by atoms with Crippen LogP contribution < -0.4 is 0 Å². The molecular formula is C23H36N2O3S. The highest BCUT2D eigenvalue weighted by atomic mass is 32.2. The predicted molar refractivity (Wildman–Crippen MR) is 116 cm³/mol. The van der Waals surface area contributed by atoms with Gasteiger partial charge in [-0.2, -0.15) is 4.31 Å². The average molecular weight is 421 g/mol. The Morgan fingerprint density at radius 1 is 1.00 bits per heavy atom. The Kier molecular flexibility index (Phi) is 7.74. The normalized spacial score (nSPS) is 19.4. The Balaban J connectivity index is 1.60. The molecule has 0 N–H and O–H groups in total. The molecule has 1 saturated carbocycles. The second-order valence-electron chi connectivity index (χ2n) is 8.80. The number of rotatable bonds is 7. The Labute approximate surface area is 176 Å². The minimum absolute atomic E-state index is 0.216. The van der Waals surface area contributed by atoms with E-state index in [9.17, 15) is 13.2 Å². The lowest BCUT2D eigenvalue weighted by Crippen LogP contribution is -2.43. The molecular weight excluding hydrogens is 384 g/mol. The standard InChI is InChI=1S/C23H36N2O3S/c1-19(2)25(21-9-5-6-10-21)23(26)16-13-20-11-14-22(15-12-20)29(27,28)24-17-7-3-4-8-18-24/h11-12,14-15,19,21H,3-10,13,16-18H2,1-2H3. The predicted octanol–water partition coefficient (Wildman–Crippen LogP) is 4.36. The van der Waals surface area contributed by atoms with Crippen LogP contribution >= 0.6 is 0 Å². The maximum Gasteiger partial charge on any atom is 0.243 e. The van der Waals surface area contributed by atoms with Crippen LogP contribution in [0.15, 0.2) is 29.2 Å². The number of hydrogen-bond donors (Lipinski definition) is 0. The van der Waals surface area contributed by atoms with E-state index in [0.717, 1.165) is 44.1 Å². The lowest BCUT2D eigenvalue weighted by atomic mass is 10.1. The maximum atomic E-state index is 12.9. The molecule has 1 aliphatic heterocycles. The highest BCUT2D eigenvalue weighted by Crippen LogP contribution is 2.26. The number of sulfonamides is 1. The van der Waals surface area contributed by atoms with Gasteiger partial charge in [-0.05, 0) is 63.6 Å². The van der Waals surface area contributed by atoms with Crippen molar-refractivity contribution in [3.05, 3.63) is 29.8 Å². The molecule has 0 spiro atoms. The Hall–Kier alpha value is -1.40. The first kappa shape index (κ1) is 22.3. The maximum absolute atomic E-state index is 12.9. The highest BCUT2D eigenvalue weighted by molar-refractivity contribution is 7.89. The molecule has 0 aromatic heterocycles. The topological polar surface area (TPSA) is 57.7 Å². The summed E-state index contributed by atoms with van der Waals surface area (Å²) in [6, 6.07) is 7.77. The van der Waals surface area contributed by atoms with Crippen LogP contribution in [0.25, 0.3) is 0 Å². The smallest absolute Gasteiger partial charge is 0.243 e. The molecule has 1 aromatic rings. The molecule has 0 unspecified atom stereocenters. The van der Waals surface area contributed by atoms with E-state index in [1.54, 1.807) is 16.4 Å². The average Bonchev–Trinajstić information content (AvgIpc) is 3.06. The van der Waals surface area contributed by atoms with Gasteiger partial charge in [-0.1, -0.05) is 37.8 Å². The summed E-state index contributed by atoms with van der Waals surface area (Å²) < 4.78 is 27.4. The third kappa shape index (κ3) is 5.60. The van der Waals surface area contributed by atoms with E-state index in [2.05, 4.69) is 18.7 Å². The van der Waals surface area contributed by atoms with Gasteiger partial charge < -0.3 is 4.90 Å². The van der Waals surface area contributed by atoms with Gasteiger partial charge in [0.2, 0.25) is 15.9 Å². The first-order valence-electron chi connectivity index (χ1n) is 11.3. The summed E-state index contributed by atoms with van der Waals surface area (Å²) in [7, 11) is -3.41. The molecule has 2 aliphatic rings. The molecule has 1 amide bonds. The van der Waals surface area contributed by atoms with Gasteiger partial charge in [0.1, 0.15) is 0 Å². The summed E-state index contributed by atoms with van der Waals surface area (Å²) in [5.74, 6) is 0.216. The Morgan fingerprint density at radius 2 is 1.59 bits per heavy atom. The van der Waals surface area contributed by atoms with Gasteiger partial charge in [0.25, 0.3) is 0 Å². The zero-order valence-electron chi connectivity index (χ0n) is 18.0. The summed E-state index contributed by atoms with van der Waals surface area (Å²) in [6.45, 7) is 5.42. The molecule has 6 heteroatoms. The van der Waals surface area contributed by atoms with Gasteiger partial charge >= 0.3 is 0 Å². The lowest BCUT2D eigenvalue weighted by Gasteiger charge is -2.33. The number of aryl methyl sites for hydroxylation is 1. The largest absolute Gasteiger partial charge is 0.337 e. The van der Waals surface area contributed by atoms with E-state index in [-0.39, 0.29) is 11.9 Å². The summed E-state index contributed by atoms with van der Waals surface area (Å²) in [5.41, 5.74) is 1.02. The van der Waals surface area contributed by atoms with Gasteiger partial charge in [-0.3, -0.25) is 4.79 Å². The van der Waals surface area contributed by atoms with Crippen molar-refractivity contribution in [2.24, 2.45) is 0 Å².